The van der Waals surface area contributed by atoms with Crippen LogP contribution in [0.4, 0.5) is 13.2 Å². The predicted molar refractivity (Wildman–Crippen MR) is 77.2 cm³/mol. The molecule has 0 aliphatic carbocycles. The summed E-state index contributed by atoms with van der Waals surface area (Å²) in [6.07, 6.45) is -0.784. The highest BCUT2D eigenvalue weighted by Crippen LogP contribution is 2.12. The average Bonchev–Trinajstić information content (AvgIpc) is 3.04. The molecule has 5 nitrogen and oxygen atoms in total. The van der Waals surface area contributed by atoms with Gasteiger partial charge in [0, 0.05) is 23.6 Å². The lowest BCUT2D eigenvalue weighted by Gasteiger charge is -2.09. The third-order valence-electron chi connectivity index (χ3n) is 2.93. The van der Waals surface area contributed by atoms with Gasteiger partial charge in [0.2, 0.25) is 5.91 Å². The second-order valence-electron chi connectivity index (χ2n) is 4.71. The number of rotatable bonds is 5. The van der Waals surface area contributed by atoms with Crippen LogP contribution in [0.2, 0.25) is 0 Å². The van der Waals surface area contributed by atoms with Gasteiger partial charge in [-0.3, -0.25) is 9.59 Å². The van der Waals surface area contributed by atoms with Gasteiger partial charge in [0.1, 0.15) is 6.54 Å². The maximum absolute atomic E-state index is 11.9. The molecule has 122 valence electrons. The second kappa shape index (κ2) is 6.99. The normalized spacial score (nSPS) is 11.1. The Balaban J connectivity index is 1.85. The van der Waals surface area contributed by atoms with E-state index in [1.165, 1.54) is 0 Å². The minimum atomic E-state index is -4.48. The Morgan fingerprint density at radius 1 is 1.00 bits per heavy atom. The van der Waals surface area contributed by atoms with E-state index in [-0.39, 0.29) is 0 Å². The molecule has 2 aromatic rings. The highest BCUT2D eigenvalue weighted by molar-refractivity contribution is 5.96. The fourth-order valence-corrected chi connectivity index (χ4v) is 1.82. The van der Waals surface area contributed by atoms with Crippen LogP contribution in [0.15, 0.2) is 48.8 Å². The number of amides is 2. The van der Waals surface area contributed by atoms with Gasteiger partial charge in [-0.05, 0) is 36.4 Å². The largest absolute Gasteiger partial charge is 0.405 e. The lowest BCUT2D eigenvalue weighted by molar-refractivity contribution is -0.137. The number of carbonyl (C=O) groups excluding carboxylic acids is 2. The molecule has 1 aromatic heterocycles. The van der Waals surface area contributed by atoms with Crippen LogP contribution >= 0.6 is 0 Å². The van der Waals surface area contributed by atoms with Gasteiger partial charge in [0.15, 0.2) is 0 Å². The summed E-state index contributed by atoms with van der Waals surface area (Å²) < 4.78 is 37.6. The fourth-order valence-electron chi connectivity index (χ4n) is 1.82. The molecule has 2 N–H and O–H groups in total. The SMILES string of the molecule is O=C(CNC(=O)c1ccc(-n2cccc2)cc1)NCC(F)(F)F. The molecule has 0 aliphatic rings. The van der Waals surface area contributed by atoms with E-state index in [0.717, 1.165) is 5.69 Å². The lowest BCUT2D eigenvalue weighted by atomic mass is 10.2. The summed E-state index contributed by atoms with van der Waals surface area (Å²) in [4.78, 5) is 23.0. The maximum Gasteiger partial charge on any atom is 0.405 e. The third kappa shape index (κ3) is 5.17. The minimum Gasteiger partial charge on any atom is -0.345 e. The van der Waals surface area contributed by atoms with E-state index in [0.29, 0.717) is 5.56 Å². The van der Waals surface area contributed by atoms with Crippen molar-refractivity contribution in [1.29, 1.82) is 0 Å². The second-order valence-corrected chi connectivity index (χ2v) is 4.71. The Kier molecular flexibility index (Phi) is 5.05. The maximum atomic E-state index is 11.9. The number of aromatic nitrogens is 1. The van der Waals surface area contributed by atoms with Crippen molar-refractivity contribution in [2.75, 3.05) is 13.1 Å². The van der Waals surface area contributed by atoms with Gasteiger partial charge in [-0.25, -0.2) is 0 Å². The van der Waals surface area contributed by atoms with Crippen molar-refractivity contribution in [2.24, 2.45) is 0 Å². The Bertz CT molecular complexity index is 664. The van der Waals surface area contributed by atoms with Gasteiger partial charge in [-0.15, -0.1) is 0 Å². The van der Waals surface area contributed by atoms with E-state index in [2.05, 4.69) is 5.32 Å². The molecule has 1 aromatic carbocycles. The van der Waals surface area contributed by atoms with Gasteiger partial charge >= 0.3 is 6.18 Å². The van der Waals surface area contributed by atoms with Gasteiger partial charge in [-0.2, -0.15) is 13.2 Å². The standard InChI is InChI=1S/C15H14F3N3O2/c16-15(17,18)10-20-13(22)9-19-14(23)11-3-5-12(6-4-11)21-7-1-2-8-21/h1-8H,9-10H2,(H,19,23)(H,20,22). The molecular weight excluding hydrogens is 311 g/mol. The molecule has 0 unspecified atom stereocenters. The van der Waals surface area contributed by atoms with Crippen molar-refractivity contribution in [3.63, 3.8) is 0 Å². The fraction of sp³-hybridized carbons (Fsp3) is 0.200. The summed E-state index contributed by atoms with van der Waals surface area (Å²) in [5.74, 6) is -1.44. The Hall–Kier alpha value is -2.77. The van der Waals surface area contributed by atoms with E-state index in [1.807, 2.05) is 29.1 Å². The summed E-state index contributed by atoms with van der Waals surface area (Å²) in [5.41, 5.74) is 1.17. The summed E-state index contributed by atoms with van der Waals surface area (Å²) in [5, 5.41) is 3.94. The average molecular weight is 325 g/mol. The van der Waals surface area contributed by atoms with Crippen LogP contribution in [0.25, 0.3) is 5.69 Å². The first-order chi connectivity index (χ1) is 10.8. The Morgan fingerprint density at radius 3 is 2.17 bits per heavy atom. The quantitative estimate of drug-likeness (QED) is 0.882. The lowest BCUT2D eigenvalue weighted by Crippen LogP contribution is -2.40. The molecule has 0 radical (unpaired) electrons. The first kappa shape index (κ1) is 16.6. The van der Waals surface area contributed by atoms with E-state index < -0.39 is 31.1 Å². The molecule has 0 aliphatic heterocycles. The molecule has 23 heavy (non-hydrogen) atoms. The molecule has 2 rings (SSSR count). The van der Waals surface area contributed by atoms with Gasteiger partial charge in [-0.1, -0.05) is 0 Å². The zero-order chi connectivity index (χ0) is 16.9. The number of alkyl halides is 3. The zero-order valence-corrected chi connectivity index (χ0v) is 11.9. The van der Waals surface area contributed by atoms with Crippen LogP contribution in [0.3, 0.4) is 0 Å². The summed E-state index contributed by atoms with van der Waals surface area (Å²) in [6.45, 7) is -1.94. The summed E-state index contributed by atoms with van der Waals surface area (Å²) in [7, 11) is 0. The summed E-state index contributed by atoms with van der Waals surface area (Å²) in [6, 6.07) is 10.3. The van der Waals surface area contributed by atoms with Crippen molar-refractivity contribution < 1.29 is 22.8 Å². The zero-order valence-electron chi connectivity index (χ0n) is 11.9. The molecule has 0 fully saturated rings. The smallest absolute Gasteiger partial charge is 0.345 e. The van der Waals surface area contributed by atoms with Crippen LogP contribution < -0.4 is 10.6 Å². The van der Waals surface area contributed by atoms with Crippen molar-refractivity contribution >= 4 is 11.8 Å². The van der Waals surface area contributed by atoms with Crippen molar-refractivity contribution in [3.05, 3.63) is 54.4 Å². The van der Waals surface area contributed by atoms with Crippen molar-refractivity contribution in [2.45, 2.75) is 6.18 Å². The number of benzene rings is 1. The predicted octanol–water partition coefficient (Wildman–Crippen LogP) is 1.89. The van der Waals surface area contributed by atoms with Crippen LogP contribution in [0.5, 0.6) is 0 Å². The highest BCUT2D eigenvalue weighted by Gasteiger charge is 2.27. The third-order valence-corrected chi connectivity index (χ3v) is 2.93. The molecule has 1 heterocycles. The number of hydrogen-bond acceptors (Lipinski definition) is 2. The van der Waals surface area contributed by atoms with E-state index in [4.69, 9.17) is 0 Å². The van der Waals surface area contributed by atoms with E-state index in [1.54, 1.807) is 29.6 Å². The number of hydrogen-bond donors (Lipinski definition) is 2. The van der Waals surface area contributed by atoms with E-state index in [9.17, 15) is 22.8 Å². The molecule has 2 amide bonds. The Labute approximate surface area is 130 Å². The number of carbonyl (C=O) groups is 2. The van der Waals surface area contributed by atoms with Gasteiger partial charge in [0.05, 0.1) is 6.54 Å². The first-order valence-corrected chi connectivity index (χ1v) is 6.70. The molecule has 0 atom stereocenters. The van der Waals surface area contributed by atoms with Crippen LogP contribution in [-0.2, 0) is 4.79 Å². The number of nitrogens with zero attached hydrogens (tertiary/aromatic N) is 1. The van der Waals surface area contributed by atoms with Crippen molar-refractivity contribution in [1.82, 2.24) is 15.2 Å². The van der Waals surface area contributed by atoms with Gasteiger partial charge in [0.25, 0.3) is 5.91 Å². The van der Waals surface area contributed by atoms with Crippen LogP contribution in [0, 0.1) is 0 Å². The molecule has 0 spiro atoms. The molecule has 0 saturated heterocycles. The van der Waals surface area contributed by atoms with E-state index >= 15 is 0 Å². The van der Waals surface area contributed by atoms with Crippen LogP contribution in [-0.4, -0.2) is 35.6 Å². The molecular formula is C15H14F3N3O2. The molecule has 8 heteroatoms. The number of halogens is 3. The first-order valence-electron chi connectivity index (χ1n) is 6.70. The monoisotopic (exact) mass is 325 g/mol. The molecule has 0 saturated carbocycles. The Morgan fingerprint density at radius 2 is 1.61 bits per heavy atom. The van der Waals surface area contributed by atoms with Crippen molar-refractivity contribution in [3.8, 4) is 5.69 Å². The molecule has 0 bridgehead atoms. The van der Waals surface area contributed by atoms with Gasteiger partial charge < -0.3 is 15.2 Å². The highest BCUT2D eigenvalue weighted by atomic mass is 19.4. The topological polar surface area (TPSA) is 63.1 Å². The summed E-state index contributed by atoms with van der Waals surface area (Å²) >= 11 is 0. The number of nitrogens with one attached hydrogen (secondary N) is 2. The van der Waals surface area contributed by atoms with Crippen LogP contribution in [0.1, 0.15) is 10.4 Å². The minimum absolute atomic E-state index is 0.310.